The lowest BCUT2D eigenvalue weighted by atomic mass is 10.1. The molecule has 2 rings (SSSR count). The molecule has 2 aromatic carbocycles. The Balaban J connectivity index is 2.01. The Morgan fingerprint density at radius 3 is 1.96 bits per heavy atom. The van der Waals surface area contributed by atoms with Gasteiger partial charge in [0.2, 0.25) is 11.7 Å². The average molecular weight is 383 g/mol. The number of rotatable bonds is 7. The fourth-order valence-corrected chi connectivity index (χ4v) is 2.50. The van der Waals surface area contributed by atoms with Gasteiger partial charge >= 0.3 is 6.18 Å². The maximum absolute atomic E-state index is 12.6. The van der Waals surface area contributed by atoms with Crippen LogP contribution in [0.2, 0.25) is 0 Å². The highest BCUT2D eigenvalue weighted by Crippen LogP contribution is 2.38. The van der Waals surface area contributed by atoms with Gasteiger partial charge in [-0.3, -0.25) is 4.79 Å². The van der Waals surface area contributed by atoms with Crippen molar-refractivity contribution in [3.05, 3.63) is 47.5 Å². The van der Waals surface area contributed by atoms with Crippen molar-refractivity contribution >= 4 is 11.6 Å². The number of amides is 1. The standard InChI is InChI=1S/C19H20F3NO4/c1-25-15-10-12(11-16(26-2)18(15)27-3)4-9-17(24)23-14-7-5-13(6-8-14)19(20,21)22/h5-8,10-11H,4,9H2,1-3H3,(H,23,24). The molecule has 0 unspecified atom stereocenters. The van der Waals surface area contributed by atoms with Gasteiger partial charge in [0.1, 0.15) is 0 Å². The molecule has 1 N–H and O–H groups in total. The molecule has 0 aliphatic rings. The van der Waals surface area contributed by atoms with Crippen molar-refractivity contribution in [3.63, 3.8) is 0 Å². The summed E-state index contributed by atoms with van der Waals surface area (Å²) in [6, 6.07) is 7.78. The topological polar surface area (TPSA) is 56.8 Å². The molecule has 0 heterocycles. The second-order valence-electron chi connectivity index (χ2n) is 5.66. The molecule has 0 aliphatic heterocycles. The van der Waals surface area contributed by atoms with E-state index in [1.807, 2.05) is 0 Å². The molecule has 0 atom stereocenters. The summed E-state index contributed by atoms with van der Waals surface area (Å²) in [7, 11) is 4.49. The first-order valence-corrected chi connectivity index (χ1v) is 8.04. The Bertz CT molecular complexity index is 764. The van der Waals surface area contributed by atoms with Gasteiger partial charge in [-0.25, -0.2) is 0 Å². The third-order valence-electron chi connectivity index (χ3n) is 3.86. The number of carbonyl (C=O) groups excluding carboxylic acids is 1. The van der Waals surface area contributed by atoms with Crippen molar-refractivity contribution in [1.82, 2.24) is 0 Å². The molecule has 27 heavy (non-hydrogen) atoms. The SMILES string of the molecule is COc1cc(CCC(=O)Nc2ccc(C(F)(F)F)cc2)cc(OC)c1OC. The second-order valence-corrected chi connectivity index (χ2v) is 5.66. The van der Waals surface area contributed by atoms with Crippen LogP contribution in [0.4, 0.5) is 18.9 Å². The summed E-state index contributed by atoms with van der Waals surface area (Å²) in [5.41, 5.74) is 0.336. The molecule has 0 fully saturated rings. The van der Waals surface area contributed by atoms with E-state index in [2.05, 4.69) is 5.32 Å². The van der Waals surface area contributed by atoms with E-state index < -0.39 is 11.7 Å². The lowest BCUT2D eigenvalue weighted by molar-refractivity contribution is -0.137. The first-order valence-electron chi connectivity index (χ1n) is 8.04. The molecule has 2 aromatic rings. The lowest BCUT2D eigenvalue weighted by Gasteiger charge is -2.14. The van der Waals surface area contributed by atoms with Crippen LogP contribution in [0, 0.1) is 0 Å². The van der Waals surface area contributed by atoms with Gasteiger partial charge in [0.25, 0.3) is 0 Å². The third kappa shape index (κ3) is 5.29. The van der Waals surface area contributed by atoms with E-state index in [0.29, 0.717) is 29.4 Å². The van der Waals surface area contributed by atoms with E-state index in [4.69, 9.17) is 14.2 Å². The van der Waals surface area contributed by atoms with E-state index in [1.54, 1.807) is 12.1 Å². The number of anilines is 1. The second kappa shape index (κ2) is 8.66. The number of halogens is 3. The largest absolute Gasteiger partial charge is 0.493 e. The molecular formula is C19H20F3NO4. The highest BCUT2D eigenvalue weighted by atomic mass is 19.4. The van der Waals surface area contributed by atoms with Gasteiger partial charge in [-0.1, -0.05) is 0 Å². The number of ether oxygens (including phenoxy) is 3. The summed E-state index contributed by atoms with van der Waals surface area (Å²) in [6.45, 7) is 0. The first kappa shape index (κ1) is 20.4. The molecule has 0 aliphatic carbocycles. The van der Waals surface area contributed by atoms with E-state index >= 15 is 0 Å². The zero-order chi connectivity index (χ0) is 20.0. The van der Waals surface area contributed by atoms with Gasteiger partial charge < -0.3 is 19.5 Å². The van der Waals surface area contributed by atoms with Crippen LogP contribution in [-0.4, -0.2) is 27.2 Å². The minimum atomic E-state index is -4.41. The smallest absolute Gasteiger partial charge is 0.416 e. The number of hydrogen-bond acceptors (Lipinski definition) is 4. The highest BCUT2D eigenvalue weighted by Gasteiger charge is 2.29. The normalized spacial score (nSPS) is 11.0. The van der Waals surface area contributed by atoms with Crippen molar-refractivity contribution in [2.75, 3.05) is 26.6 Å². The summed E-state index contributed by atoms with van der Waals surface area (Å²) < 4.78 is 53.4. The molecule has 0 radical (unpaired) electrons. The van der Waals surface area contributed by atoms with Crippen LogP contribution in [0.15, 0.2) is 36.4 Å². The summed E-state index contributed by atoms with van der Waals surface area (Å²) >= 11 is 0. The number of aryl methyl sites for hydroxylation is 1. The van der Waals surface area contributed by atoms with Gasteiger partial charge in [0.15, 0.2) is 11.5 Å². The number of methoxy groups -OCH3 is 3. The number of benzene rings is 2. The van der Waals surface area contributed by atoms with E-state index in [0.717, 1.165) is 17.7 Å². The molecule has 1 amide bonds. The van der Waals surface area contributed by atoms with Gasteiger partial charge in [-0.05, 0) is 48.4 Å². The number of hydrogen-bond donors (Lipinski definition) is 1. The minimum Gasteiger partial charge on any atom is -0.493 e. The maximum atomic E-state index is 12.6. The number of carbonyl (C=O) groups is 1. The predicted molar refractivity (Wildman–Crippen MR) is 94.5 cm³/mol. The molecule has 0 saturated carbocycles. The number of nitrogens with one attached hydrogen (secondary N) is 1. The van der Waals surface area contributed by atoms with Crippen molar-refractivity contribution < 1.29 is 32.2 Å². The third-order valence-corrected chi connectivity index (χ3v) is 3.86. The Labute approximate surface area is 155 Å². The van der Waals surface area contributed by atoms with Crippen molar-refractivity contribution in [2.45, 2.75) is 19.0 Å². The lowest BCUT2D eigenvalue weighted by Crippen LogP contribution is -2.13. The Hall–Kier alpha value is -2.90. The molecule has 0 saturated heterocycles. The summed E-state index contributed by atoms with van der Waals surface area (Å²) in [6.07, 6.45) is -3.88. The van der Waals surface area contributed by atoms with E-state index in [9.17, 15) is 18.0 Å². The molecule has 146 valence electrons. The highest BCUT2D eigenvalue weighted by molar-refractivity contribution is 5.90. The van der Waals surface area contributed by atoms with Crippen molar-refractivity contribution in [3.8, 4) is 17.2 Å². The van der Waals surface area contributed by atoms with Crippen molar-refractivity contribution in [1.29, 1.82) is 0 Å². The zero-order valence-corrected chi connectivity index (χ0v) is 15.1. The first-order chi connectivity index (χ1) is 12.8. The van der Waals surface area contributed by atoms with Crippen LogP contribution in [0.25, 0.3) is 0 Å². The molecule has 0 bridgehead atoms. The predicted octanol–water partition coefficient (Wildman–Crippen LogP) is 4.30. The Morgan fingerprint density at radius 2 is 1.52 bits per heavy atom. The Morgan fingerprint density at radius 1 is 0.963 bits per heavy atom. The monoisotopic (exact) mass is 383 g/mol. The summed E-state index contributed by atoms with van der Waals surface area (Å²) in [5, 5.41) is 2.58. The molecular weight excluding hydrogens is 363 g/mol. The summed E-state index contributed by atoms with van der Waals surface area (Å²) in [4.78, 5) is 12.1. The van der Waals surface area contributed by atoms with Crippen LogP contribution in [0.5, 0.6) is 17.2 Å². The Kier molecular flexibility index (Phi) is 6.55. The molecule has 8 heteroatoms. The minimum absolute atomic E-state index is 0.139. The van der Waals surface area contributed by atoms with Gasteiger partial charge in [-0.15, -0.1) is 0 Å². The zero-order valence-electron chi connectivity index (χ0n) is 15.1. The molecule has 0 spiro atoms. The summed E-state index contributed by atoms with van der Waals surface area (Å²) in [5.74, 6) is 1.10. The van der Waals surface area contributed by atoms with E-state index in [1.165, 1.54) is 33.5 Å². The van der Waals surface area contributed by atoms with Gasteiger partial charge in [-0.2, -0.15) is 13.2 Å². The van der Waals surface area contributed by atoms with Crippen LogP contribution in [-0.2, 0) is 17.4 Å². The number of alkyl halides is 3. The quantitative estimate of drug-likeness (QED) is 0.775. The van der Waals surface area contributed by atoms with Gasteiger partial charge in [0, 0.05) is 12.1 Å². The van der Waals surface area contributed by atoms with Crippen LogP contribution >= 0.6 is 0 Å². The van der Waals surface area contributed by atoms with Crippen LogP contribution in [0.3, 0.4) is 0 Å². The maximum Gasteiger partial charge on any atom is 0.416 e. The van der Waals surface area contributed by atoms with E-state index in [-0.39, 0.29) is 12.3 Å². The van der Waals surface area contributed by atoms with Crippen molar-refractivity contribution in [2.24, 2.45) is 0 Å². The molecule has 5 nitrogen and oxygen atoms in total. The fourth-order valence-electron chi connectivity index (χ4n) is 2.50. The van der Waals surface area contributed by atoms with Crippen LogP contribution in [0.1, 0.15) is 17.5 Å². The van der Waals surface area contributed by atoms with Gasteiger partial charge in [0.05, 0.1) is 26.9 Å². The average Bonchev–Trinajstić information content (AvgIpc) is 2.65. The fraction of sp³-hybridized carbons (Fsp3) is 0.316. The van der Waals surface area contributed by atoms with Crippen LogP contribution < -0.4 is 19.5 Å². The molecule has 0 aromatic heterocycles.